The molecule has 0 saturated carbocycles. The third kappa shape index (κ3) is 19.0. The quantitative estimate of drug-likeness (QED) is 0.0172. The van der Waals surface area contributed by atoms with E-state index < -0.39 is 117 Å². The van der Waals surface area contributed by atoms with Gasteiger partial charge in [0.25, 0.3) is 11.4 Å². The van der Waals surface area contributed by atoms with Crippen LogP contribution in [-0.4, -0.2) is 129 Å². The van der Waals surface area contributed by atoms with Crippen molar-refractivity contribution >= 4 is 75.6 Å². The van der Waals surface area contributed by atoms with E-state index in [0.717, 1.165) is 29.1 Å². The number of nitrogens with one attached hydrogen (secondary N) is 8. The van der Waals surface area contributed by atoms with E-state index in [1.165, 1.54) is 6.92 Å². The number of carbonyl (C=O) groups excluding carboxylic acids is 7. The second-order valence-electron chi connectivity index (χ2n) is 18.8. The number of fused-ring (bicyclic) bond motifs is 1. The van der Waals surface area contributed by atoms with Gasteiger partial charge >= 0.3 is 12.1 Å². The molecule has 1 aliphatic heterocycles. The second kappa shape index (κ2) is 28.5. The summed E-state index contributed by atoms with van der Waals surface area (Å²) >= 11 is 0. The molecule has 0 radical (unpaired) electrons. The zero-order valence-electron chi connectivity index (χ0n) is 42.8. The van der Waals surface area contributed by atoms with E-state index in [9.17, 15) is 67.0 Å². The standard InChI is InChI=1S/C45H64N14O11.C2HF3O2/c1-24(2)18-33(57-43(66)45(15-9-17-52-45)30-14-13-28(58(67)68)21-36(30)59(69)70)40(63)51-23-37(60)54-34(19-25(3)4)42(65)56-35(20-27-22-50-31-11-7-6-10-29(27)31)41(64)53-26(5)39(62)55-32(38(46)61)12-8-16-49-44(47)48;3-2(4,5)1(6)7/h6-7,10-11,13-14,21-22,24-26,32-35,50,52H,8-9,12,15-20,23H2,1-5H3,(H2,46,61)(H,51,63)(H,53,64)(H,54,60)(H,55,62)(H,56,65)(H,57,66)(H4,47,48,49);(H,6,7)/t26-,32+,33-,34-,35-,45+;/m0./s1. The molecule has 7 amide bonds. The van der Waals surface area contributed by atoms with Gasteiger partial charge in [-0.2, -0.15) is 13.2 Å². The fourth-order valence-electron chi connectivity index (χ4n) is 8.13. The average molecular weight is 1090 g/mol. The van der Waals surface area contributed by atoms with Crippen molar-refractivity contribution in [2.24, 2.45) is 34.0 Å². The van der Waals surface area contributed by atoms with Crippen molar-refractivity contribution in [3.8, 4) is 0 Å². The number of benzene rings is 2. The molecule has 0 spiro atoms. The lowest BCUT2D eigenvalue weighted by Gasteiger charge is -2.31. The number of primary amides is 1. The normalized spacial score (nSPS) is 16.0. The molecule has 6 atom stereocenters. The highest BCUT2D eigenvalue weighted by Gasteiger charge is 2.48. The van der Waals surface area contributed by atoms with Crippen LogP contribution in [0.25, 0.3) is 10.9 Å². The smallest absolute Gasteiger partial charge is 0.475 e. The number of carboxylic acid groups (broad SMARTS) is 1. The van der Waals surface area contributed by atoms with Crippen molar-refractivity contribution in [2.45, 2.75) is 121 Å². The third-order valence-electron chi connectivity index (χ3n) is 11.8. The third-order valence-corrected chi connectivity index (χ3v) is 11.8. The Morgan fingerprint density at radius 2 is 1.39 bits per heavy atom. The Morgan fingerprint density at radius 3 is 1.94 bits per heavy atom. The van der Waals surface area contributed by atoms with Gasteiger partial charge in [0.1, 0.15) is 35.7 Å². The largest absolute Gasteiger partial charge is 0.490 e. The number of aliphatic carboxylic acids is 1. The Labute approximate surface area is 438 Å². The van der Waals surface area contributed by atoms with Crippen molar-refractivity contribution in [1.82, 2.24) is 42.2 Å². The van der Waals surface area contributed by atoms with Gasteiger partial charge in [-0.25, -0.2) is 4.79 Å². The van der Waals surface area contributed by atoms with E-state index in [0.29, 0.717) is 18.4 Å². The number of nitrogens with zero attached hydrogens (tertiary/aromatic N) is 3. The topological polar surface area (TPSA) is 433 Å². The van der Waals surface area contributed by atoms with E-state index >= 15 is 0 Å². The van der Waals surface area contributed by atoms with Gasteiger partial charge in [0.15, 0.2) is 5.96 Å². The zero-order chi connectivity index (χ0) is 57.9. The number of carbonyl (C=O) groups is 8. The number of guanidine groups is 1. The Hall–Kier alpha value is -8.44. The molecule has 0 aliphatic carbocycles. The van der Waals surface area contributed by atoms with Crippen LogP contribution in [0.3, 0.4) is 0 Å². The van der Waals surface area contributed by atoms with Gasteiger partial charge in [-0.05, 0) is 81.5 Å². The summed E-state index contributed by atoms with van der Waals surface area (Å²) in [7, 11) is 0. The number of nitro groups is 2. The Balaban J connectivity index is 0.00000208. The van der Waals surface area contributed by atoms with Crippen molar-refractivity contribution < 1.29 is 66.5 Å². The molecule has 0 bridgehead atoms. The first-order valence-electron chi connectivity index (χ1n) is 24.1. The van der Waals surface area contributed by atoms with Crippen LogP contribution in [0.15, 0.2) is 53.7 Å². The summed E-state index contributed by atoms with van der Waals surface area (Å²) < 4.78 is 31.7. The number of carboxylic acids is 1. The minimum Gasteiger partial charge on any atom is -0.475 e. The van der Waals surface area contributed by atoms with Gasteiger partial charge in [0.05, 0.1) is 28.0 Å². The molecule has 1 aliphatic rings. The van der Waals surface area contributed by atoms with Crippen molar-refractivity contribution in [3.05, 3.63) is 80.0 Å². The van der Waals surface area contributed by atoms with E-state index in [1.54, 1.807) is 40.0 Å². The maximum absolute atomic E-state index is 14.1. The summed E-state index contributed by atoms with van der Waals surface area (Å²) in [4.78, 5) is 133. The lowest BCUT2D eigenvalue weighted by atomic mass is 9.85. The van der Waals surface area contributed by atoms with Crippen LogP contribution in [0.1, 0.15) is 84.3 Å². The molecule has 1 aromatic heterocycles. The van der Waals surface area contributed by atoms with Crippen LogP contribution < -0.4 is 54.4 Å². The molecular weight excluding hydrogens is 1030 g/mol. The number of aromatic amines is 1. The Morgan fingerprint density at radius 1 is 0.792 bits per heavy atom. The molecule has 4 rings (SSSR count). The van der Waals surface area contributed by atoms with Gasteiger partial charge in [0, 0.05) is 36.1 Å². The number of hydrogen-bond donors (Lipinski definition) is 12. The molecule has 0 unspecified atom stereocenters. The monoisotopic (exact) mass is 1090 g/mol. The molecule has 2 aromatic carbocycles. The molecular formula is C47H65F3N14O13. The van der Waals surface area contributed by atoms with Crippen LogP contribution >= 0.6 is 0 Å². The maximum Gasteiger partial charge on any atom is 0.490 e. The number of alkyl halides is 3. The van der Waals surface area contributed by atoms with Crippen molar-refractivity contribution in [2.75, 3.05) is 19.6 Å². The van der Waals surface area contributed by atoms with Crippen LogP contribution in [0.4, 0.5) is 24.5 Å². The molecule has 27 nitrogen and oxygen atoms in total. The molecule has 30 heteroatoms. The van der Waals surface area contributed by atoms with Gasteiger partial charge in [-0.15, -0.1) is 0 Å². The molecule has 1 fully saturated rings. The minimum absolute atomic E-state index is 0.0552. The molecule has 15 N–H and O–H groups in total. The first kappa shape index (κ1) is 62.9. The minimum atomic E-state index is -5.08. The van der Waals surface area contributed by atoms with Gasteiger partial charge in [-0.3, -0.25) is 64.1 Å². The number of non-ortho nitro benzene ring substituents is 1. The predicted octanol–water partition coefficient (Wildman–Crippen LogP) is 0.630. The highest BCUT2D eigenvalue weighted by atomic mass is 19.4. The van der Waals surface area contributed by atoms with E-state index in [2.05, 4.69) is 47.2 Å². The lowest BCUT2D eigenvalue weighted by Crippen LogP contribution is -2.59. The van der Waals surface area contributed by atoms with Crippen molar-refractivity contribution in [1.29, 1.82) is 0 Å². The molecule has 3 aromatic rings. The van der Waals surface area contributed by atoms with Gasteiger partial charge in [-0.1, -0.05) is 45.9 Å². The summed E-state index contributed by atoms with van der Waals surface area (Å²) in [6.07, 6.45) is -2.36. The van der Waals surface area contributed by atoms with Crippen LogP contribution in [0, 0.1) is 32.1 Å². The van der Waals surface area contributed by atoms with Gasteiger partial charge in [0.2, 0.25) is 41.4 Å². The van der Waals surface area contributed by atoms with Crippen LogP contribution in [0.2, 0.25) is 0 Å². The summed E-state index contributed by atoms with van der Waals surface area (Å²) in [5.74, 6) is -8.64. The number of H-pyrrole nitrogens is 1. The van der Waals surface area contributed by atoms with Crippen LogP contribution in [0.5, 0.6) is 0 Å². The van der Waals surface area contributed by atoms with E-state index in [1.807, 2.05) is 18.2 Å². The van der Waals surface area contributed by atoms with Gasteiger partial charge < -0.3 is 59.2 Å². The van der Waals surface area contributed by atoms with E-state index in [4.69, 9.17) is 27.1 Å². The number of nitro benzene ring substituents is 2. The lowest BCUT2D eigenvalue weighted by molar-refractivity contribution is -0.394. The fraction of sp³-hybridized carbons (Fsp3) is 0.511. The van der Waals surface area contributed by atoms with Crippen molar-refractivity contribution in [3.63, 3.8) is 0 Å². The second-order valence-corrected chi connectivity index (χ2v) is 18.8. The summed E-state index contributed by atoms with van der Waals surface area (Å²) in [6.45, 7) is 8.40. The van der Waals surface area contributed by atoms with E-state index in [-0.39, 0.29) is 68.6 Å². The SMILES string of the molecule is CC(C)C[C@H](NC(=O)CNC(=O)[C@H](CC(C)C)NC(=O)[C@]1(c2ccc([N+](=O)[O-])cc2[N+](=O)[O-])CCCN1)C(=O)N[C@@H](Cc1c[nH]c2ccccc12)C(=O)N[C@@H](C)C(=O)N[C@H](CCCN=C(N)N)C(N)=O.O=C(O)C(F)(F)F. The zero-order valence-corrected chi connectivity index (χ0v) is 42.8. The number of amides is 7. The number of para-hydroxylation sites is 1. The molecule has 1 saturated heterocycles. The number of hydrogen-bond acceptors (Lipinski definition) is 14. The highest BCUT2D eigenvalue weighted by Crippen LogP contribution is 2.39. The average Bonchev–Trinajstić information content (AvgIpc) is 4.01. The number of rotatable bonds is 26. The van der Waals surface area contributed by atoms with Crippen LogP contribution in [-0.2, 0) is 50.3 Å². The first-order valence-corrected chi connectivity index (χ1v) is 24.1. The highest BCUT2D eigenvalue weighted by molar-refractivity contribution is 5.98. The number of aliphatic imine (C=N–C) groups is 1. The number of aromatic nitrogens is 1. The summed E-state index contributed by atoms with van der Waals surface area (Å²) in [6, 6.07) is 4.19. The Bertz CT molecular complexity index is 2670. The fourth-order valence-corrected chi connectivity index (χ4v) is 8.13. The first-order chi connectivity index (χ1) is 36.0. The molecule has 2 heterocycles. The molecule has 422 valence electrons. The molecule has 77 heavy (non-hydrogen) atoms. The predicted molar refractivity (Wildman–Crippen MR) is 271 cm³/mol. The maximum atomic E-state index is 14.1. The summed E-state index contributed by atoms with van der Waals surface area (Å²) in [5, 5.41) is 50.1. The number of nitrogens with two attached hydrogens (primary N) is 3. The Kier molecular flexibility index (Phi) is 23.2. The number of halogens is 3. The summed E-state index contributed by atoms with van der Waals surface area (Å²) in [5.41, 5.74) is 14.6.